The summed E-state index contributed by atoms with van der Waals surface area (Å²) < 4.78 is 5.83. The Morgan fingerprint density at radius 2 is 1.91 bits per heavy atom. The molecule has 0 saturated carbocycles. The van der Waals surface area contributed by atoms with Crippen molar-refractivity contribution in [2.75, 3.05) is 13.1 Å². The number of aryl methyl sites for hydroxylation is 1. The van der Waals surface area contributed by atoms with E-state index in [1.807, 2.05) is 52.0 Å². The van der Waals surface area contributed by atoms with Gasteiger partial charge in [0.15, 0.2) is 0 Å². The highest BCUT2D eigenvalue weighted by atomic mass is 16.5. The summed E-state index contributed by atoms with van der Waals surface area (Å²) in [6.45, 7) is 10.2. The number of benzene rings is 1. The Kier molecular flexibility index (Phi) is 7.18. The van der Waals surface area contributed by atoms with Crippen LogP contribution in [0, 0.1) is 6.92 Å². The maximum Gasteiger partial charge on any atom is 0.317 e. The molecule has 2 unspecified atom stereocenters. The maximum atomic E-state index is 12.2. The minimum Gasteiger partial charge on any atom is -0.489 e. The van der Waals surface area contributed by atoms with Gasteiger partial charge in [-0.15, -0.1) is 0 Å². The lowest BCUT2D eigenvalue weighted by Gasteiger charge is -2.28. The van der Waals surface area contributed by atoms with Crippen molar-refractivity contribution in [1.82, 2.24) is 10.2 Å². The lowest BCUT2D eigenvalue weighted by Crippen LogP contribution is -2.48. The second-order valence-electron chi connectivity index (χ2n) is 5.98. The number of carbonyl (C=O) groups excluding carboxylic acids is 1. The quantitative estimate of drug-likeness (QED) is 0.814. The normalized spacial score (nSPS) is 13.6. The minimum atomic E-state index is -0.547. The number of carbonyl (C=O) groups is 1. The molecule has 0 aliphatic heterocycles. The molecule has 0 bridgehead atoms. The van der Waals surface area contributed by atoms with Gasteiger partial charge in [0.25, 0.3) is 0 Å². The first-order chi connectivity index (χ1) is 10.3. The number of hydrogen-bond acceptors (Lipinski definition) is 3. The second kappa shape index (κ2) is 8.63. The number of nitrogens with zero attached hydrogens (tertiary/aromatic N) is 1. The lowest BCUT2D eigenvalue weighted by molar-refractivity contribution is 0.116. The number of aliphatic hydroxyl groups is 1. The monoisotopic (exact) mass is 308 g/mol. The van der Waals surface area contributed by atoms with E-state index in [9.17, 15) is 9.90 Å². The Morgan fingerprint density at radius 1 is 1.27 bits per heavy atom. The molecule has 124 valence electrons. The third kappa shape index (κ3) is 5.93. The molecule has 0 spiro atoms. The van der Waals surface area contributed by atoms with Crippen molar-refractivity contribution in [1.29, 1.82) is 0 Å². The molecule has 2 amide bonds. The van der Waals surface area contributed by atoms with Crippen LogP contribution in [0.1, 0.15) is 33.3 Å². The molecule has 0 fully saturated rings. The molecule has 1 aromatic carbocycles. The van der Waals surface area contributed by atoms with Gasteiger partial charge < -0.3 is 20.1 Å². The summed E-state index contributed by atoms with van der Waals surface area (Å²) in [6, 6.07) is 7.64. The average molecular weight is 308 g/mol. The third-order valence-corrected chi connectivity index (χ3v) is 3.31. The van der Waals surface area contributed by atoms with Crippen LogP contribution >= 0.6 is 0 Å². The topological polar surface area (TPSA) is 61.8 Å². The molecule has 2 atom stereocenters. The molecular formula is C17H28N2O3. The first-order valence-corrected chi connectivity index (χ1v) is 7.76. The van der Waals surface area contributed by atoms with E-state index in [-0.39, 0.29) is 18.2 Å². The molecule has 1 aromatic rings. The minimum absolute atomic E-state index is 0.0298. The SMILES string of the molecule is Cc1ccccc1OC(C)CNC(=O)N(CC(C)O)C(C)C. The van der Waals surface area contributed by atoms with Crippen LogP contribution in [-0.4, -0.2) is 47.4 Å². The summed E-state index contributed by atoms with van der Waals surface area (Å²) >= 11 is 0. The van der Waals surface area contributed by atoms with Crippen molar-refractivity contribution in [3.05, 3.63) is 29.8 Å². The summed E-state index contributed by atoms with van der Waals surface area (Å²) in [5.41, 5.74) is 1.07. The first kappa shape index (κ1) is 18.3. The molecule has 1 rings (SSSR count). The molecule has 0 saturated heterocycles. The standard InChI is InChI=1S/C17H28N2O3/c1-12(2)19(11-14(4)20)17(21)18-10-15(5)22-16-9-7-6-8-13(16)3/h6-9,12,14-15,20H,10-11H2,1-5H3,(H,18,21). The highest BCUT2D eigenvalue weighted by Crippen LogP contribution is 2.17. The third-order valence-electron chi connectivity index (χ3n) is 3.31. The molecule has 0 aromatic heterocycles. The van der Waals surface area contributed by atoms with Gasteiger partial charge in [-0.05, 0) is 46.2 Å². The van der Waals surface area contributed by atoms with Crippen molar-refractivity contribution < 1.29 is 14.6 Å². The van der Waals surface area contributed by atoms with E-state index in [1.54, 1.807) is 11.8 Å². The first-order valence-electron chi connectivity index (χ1n) is 7.76. The number of rotatable bonds is 7. The Labute approximate surface area is 133 Å². The van der Waals surface area contributed by atoms with Crippen LogP contribution in [0.25, 0.3) is 0 Å². The molecule has 0 aliphatic rings. The number of aliphatic hydroxyl groups excluding tert-OH is 1. The summed E-state index contributed by atoms with van der Waals surface area (Å²) in [5.74, 6) is 0.828. The molecule has 5 heteroatoms. The van der Waals surface area contributed by atoms with Gasteiger partial charge >= 0.3 is 6.03 Å². The summed E-state index contributed by atoms with van der Waals surface area (Å²) in [6.07, 6.45) is -0.681. The number of hydrogen-bond donors (Lipinski definition) is 2. The molecule has 0 aliphatic carbocycles. The zero-order chi connectivity index (χ0) is 16.7. The van der Waals surface area contributed by atoms with E-state index in [0.717, 1.165) is 11.3 Å². The van der Waals surface area contributed by atoms with Crippen molar-refractivity contribution >= 4 is 6.03 Å². The molecule has 0 radical (unpaired) electrons. The highest BCUT2D eigenvalue weighted by molar-refractivity contribution is 5.74. The number of amides is 2. The molecule has 22 heavy (non-hydrogen) atoms. The van der Waals surface area contributed by atoms with Gasteiger partial charge in [0.1, 0.15) is 11.9 Å². The number of ether oxygens (including phenoxy) is 1. The summed E-state index contributed by atoms with van der Waals surface area (Å²) in [4.78, 5) is 13.8. The van der Waals surface area contributed by atoms with Crippen LogP contribution in [-0.2, 0) is 0 Å². The van der Waals surface area contributed by atoms with E-state index >= 15 is 0 Å². The van der Waals surface area contributed by atoms with Crippen LogP contribution in [0.15, 0.2) is 24.3 Å². The van der Waals surface area contributed by atoms with Crippen molar-refractivity contribution in [3.63, 3.8) is 0 Å². The van der Waals surface area contributed by atoms with E-state index < -0.39 is 6.10 Å². The Morgan fingerprint density at radius 3 is 2.45 bits per heavy atom. The van der Waals surface area contributed by atoms with Gasteiger partial charge in [-0.2, -0.15) is 0 Å². The Hall–Kier alpha value is -1.75. The van der Waals surface area contributed by atoms with E-state index in [1.165, 1.54) is 0 Å². The van der Waals surface area contributed by atoms with Gasteiger partial charge in [-0.1, -0.05) is 18.2 Å². The summed E-state index contributed by atoms with van der Waals surface area (Å²) in [5, 5.41) is 12.3. The zero-order valence-electron chi connectivity index (χ0n) is 14.2. The predicted octanol–water partition coefficient (Wildman–Crippen LogP) is 2.56. The van der Waals surface area contributed by atoms with Crippen LogP contribution in [0.2, 0.25) is 0 Å². The van der Waals surface area contributed by atoms with Gasteiger partial charge in [-0.25, -0.2) is 4.79 Å². The number of para-hydroxylation sites is 1. The van der Waals surface area contributed by atoms with Crippen LogP contribution in [0.3, 0.4) is 0 Å². The average Bonchev–Trinajstić information content (AvgIpc) is 2.44. The van der Waals surface area contributed by atoms with Crippen LogP contribution < -0.4 is 10.1 Å². The Bertz CT molecular complexity index is 475. The van der Waals surface area contributed by atoms with Crippen LogP contribution in [0.4, 0.5) is 4.79 Å². The fourth-order valence-electron chi connectivity index (χ4n) is 2.09. The maximum absolute atomic E-state index is 12.2. The van der Waals surface area contributed by atoms with Gasteiger partial charge in [0, 0.05) is 12.6 Å². The molecule has 2 N–H and O–H groups in total. The van der Waals surface area contributed by atoms with Gasteiger partial charge in [0.2, 0.25) is 0 Å². The van der Waals surface area contributed by atoms with Crippen molar-refractivity contribution in [3.8, 4) is 5.75 Å². The van der Waals surface area contributed by atoms with Crippen molar-refractivity contribution in [2.45, 2.75) is 52.9 Å². The van der Waals surface area contributed by atoms with E-state index in [2.05, 4.69) is 5.32 Å². The number of urea groups is 1. The highest BCUT2D eigenvalue weighted by Gasteiger charge is 2.19. The zero-order valence-corrected chi connectivity index (χ0v) is 14.2. The number of nitrogens with one attached hydrogen (secondary N) is 1. The second-order valence-corrected chi connectivity index (χ2v) is 5.98. The molecular weight excluding hydrogens is 280 g/mol. The lowest BCUT2D eigenvalue weighted by atomic mass is 10.2. The fraction of sp³-hybridized carbons (Fsp3) is 0.588. The van der Waals surface area contributed by atoms with Gasteiger partial charge in [-0.3, -0.25) is 0 Å². The Balaban J connectivity index is 2.50. The van der Waals surface area contributed by atoms with E-state index in [0.29, 0.717) is 13.1 Å². The predicted molar refractivity (Wildman–Crippen MR) is 88.2 cm³/mol. The van der Waals surface area contributed by atoms with Gasteiger partial charge in [0.05, 0.1) is 12.6 Å². The van der Waals surface area contributed by atoms with Crippen LogP contribution in [0.5, 0.6) is 5.75 Å². The smallest absolute Gasteiger partial charge is 0.317 e. The molecule has 0 heterocycles. The fourth-order valence-corrected chi connectivity index (χ4v) is 2.09. The molecule has 5 nitrogen and oxygen atoms in total. The summed E-state index contributed by atoms with van der Waals surface area (Å²) in [7, 11) is 0. The largest absolute Gasteiger partial charge is 0.489 e. The van der Waals surface area contributed by atoms with E-state index in [4.69, 9.17) is 4.74 Å². The van der Waals surface area contributed by atoms with Crippen molar-refractivity contribution in [2.24, 2.45) is 0 Å².